The van der Waals surface area contributed by atoms with Crippen molar-refractivity contribution in [1.82, 2.24) is 10.2 Å². The zero-order valence-corrected chi connectivity index (χ0v) is 23.0. The third-order valence-corrected chi connectivity index (χ3v) is 7.89. The number of hydrogen-bond acceptors (Lipinski definition) is 5. The van der Waals surface area contributed by atoms with Crippen molar-refractivity contribution < 1.29 is 35.9 Å². The molecular formula is C28H30F3N3O5S. The largest absolute Gasteiger partial charge is 0.497 e. The molecule has 0 heterocycles. The molecule has 0 aromatic heterocycles. The molecule has 0 aliphatic carbocycles. The molecule has 0 fully saturated rings. The maximum atomic E-state index is 13.8. The highest BCUT2D eigenvalue weighted by Crippen LogP contribution is 2.33. The van der Waals surface area contributed by atoms with Crippen LogP contribution in [0, 0.1) is 0 Å². The quantitative estimate of drug-likeness (QED) is 0.363. The van der Waals surface area contributed by atoms with E-state index in [1.54, 1.807) is 37.3 Å². The summed E-state index contributed by atoms with van der Waals surface area (Å²) in [6, 6.07) is 16.5. The first-order valence-corrected chi connectivity index (χ1v) is 13.8. The molecule has 0 bridgehead atoms. The van der Waals surface area contributed by atoms with Gasteiger partial charge in [-0.15, -0.1) is 0 Å². The predicted octanol–water partition coefficient (Wildman–Crippen LogP) is 4.46. The van der Waals surface area contributed by atoms with E-state index >= 15 is 0 Å². The number of likely N-dealkylation sites (N-methyl/N-ethyl adjacent to an activating group) is 1. The second kappa shape index (κ2) is 12.9. The van der Waals surface area contributed by atoms with Crippen LogP contribution in [0.1, 0.15) is 25.0 Å². The van der Waals surface area contributed by atoms with Gasteiger partial charge in [-0.1, -0.05) is 36.4 Å². The lowest BCUT2D eigenvalue weighted by molar-refractivity contribution is -0.139. The van der Waals surface area contributed by atoms with E-state index in [-0.39, 0.29) is 17.1 Å². The number of amides is 2. The molecule has 0 saturated heterocycles. The number of anilines is 1. The monoisotopic (exact) mass is 577 g/mol. The topological polar surface area (TPSA) is 96.0 Å². The first-order valence-electron chi connectivity index (χ1n) is 12.3. The van der Waals surface area contributed by atoms with Gasteiger partial charge in [-0.25, -0.2) is 8.42 Å². The van der Waals surface area contributed by atoms with Crippen LogP contribution >= 0.6 is 0 Å². The van der Waals surface area contributed by atoms with Crippen molar-refractivity contribution in [1.29, 1.82) is 0 Å². The average molecular weight is 578 g/mol. The van der Waals surface area contributed by atoms with E-state index in [4.69, 9.17) is 4.74 Å². The molecule has 3 aromatic carbocycles. The van der Waals surface area contributed by atoms with Crippen molar-refractivity contribution in [3.05, 3.63) is 90.0 Å². The summed E-state index contributed by atoms with van der Waals surface area (Å²) in [7, 11) is -2.98. The maximum Gasteiger partial charge on any atom is 0.416 e. The van der Waals surface area contributed by atoms with E-state index in [0.717, 1.165) is 12.1 Å². The maximum absolute atomic E-state index is 13.8. The van der Waals surface area contributed by atoms with Gasteiger partial charge in [0.15, 0.2) is 0 Å². The van der Waals surface area contributed by atoms with Crippen LogP contribution in [-0.4, -0.2) is 51.4 Å². The van der Waals surface area contributed by atoms with Crippen molar-refractivity contribution in [2.24, 2.45) is 0 Å². The van der Waals surface area contributed by atoms with Gasteiger partial charge in [0.05, 0.1) is 23.3 Å². The summed E-state index contributed by atoms with van der Waals surface area (Å²) >= 11 is 0. The fraction of sp³-hybridized carbons (Fsp3) is 0.286. The summed E-state index contributed by atoms with van der Waals surface area (Å²) in [5.74, 6) is -0.685. The number of ether oxygens (including phenoxy) is 1. The van der Waals surface area contributed by atoms with Gasteiger partial charge in [0, 0.05) is 13.1 Å². The van der Waals surface area contributed by atoms with Gasteiger partial charge in [-0.3, -0.25) is 13.9 Å². The van der Waals surface area contributed by atoms with E-state index in [1.807, 2.05) is 0 Å². The fourth-order valence-corrected chi connectivity index (χ4v) is 5.35. The van der Waals surface area contributed by atoms with E-state index in [0.29, 0.717) is 28.2 Å². The minimum absolute atomic E-state index is 0.0665. The van der Waals surface area contributed by atoms with Crippen molar-refractivity contribution in [3.63, 3.8) is 0 Å². The smallest absolute Gasteiger partial charge is 0.416 e. The number of nitrogens with one attached hydrogen (secondary N) is 1. The lowest BCUT2D eigenvalue weighted by Gasteiger charge is -2.32. The molecular weight excluding hydrogens is 547 g/mol. The van der Waals surface area contributed by atoms with Crippen molar-refractivity contribution in [3.8, 4) is 5.75 Å². The lowest BCUT2D eigenvalue weighted by Crippen LogP contribution is -2.51. The Morgan fingerprint density at radius 1 is 0.975 bits per heavy atom. The third-order valence-electron chi connectivity index (χ3n) is 6.10. The van der Waals surface area contributed by atoms with Gasteiger partial charge >= 0.3 is 6.18 Å². The molecule has 0 saturated carbocycles. The molecule has 0 aliphatic rings. The van der Waals surface area contributed by atoms with Crippen LogP contribution in [0.3, 0.4) is 0 Å². The number of carbonyl (C=O) groups is 2. The second-order valence-electron chi connectivity index (χ2n) is 8.81. The molecule has 0 radical (unpaired) electrons. The number of methoxy groups -OCH3 is 1. The van der Waals surface area contributed by atoms with Gasteiger partial charge < -0.3 is 15.0 Å². The molecule has 3 rings (SSSR count). The van der Waals surface area contributed by atoms with Crippen LogP contribution in [0.2, 0.25) is 0 Å². The number of rotatable bonds is 11. The SMILES string of the molecule is CCNC(=O)[C@H](C)N(Cc1ccc(OC)cc1)C(=O)CN(c1cccc(C(F)(F)F)c1)S(=O)(=O)c1ccccc1. The summed E-state index contributed by atoms with van der Waals surface area (Å²) in [4.78, 5) is 27.5. The van der Waals surface area contributed by atoms with Crippen LogP contribution in [0.4, 0.5) is 18.9 Å². The number of benzene rings is 3. The first-order chi connectivity index (χ1) is 18.9. The minimum atomic E-state index is -4.74. The Morgan fingerprint density at radius 3 is 2.20 bits per heavy atom. The highest BCUT2D eigenvalue weighted by Gasteiger charge is 2.35. The van der Waals surface area contributed by atoms with Gasteiger partial charge in [0.25, 0.3) is 10.0 Å². The summed E-state index contributed by atoms with van der Waals surface area (Å²) in [5, 5.41) is 2.64. The molecule has 3 aromatic rings. The molecule has 2 amide bonds. The Balaban J connectivity index is 2.06. The number of nitrogens with zero attached hydrogens (tertiary/aromatic N) is 2. The van der Waals surface area contributed by atoms with Crippen molar-refractivity contribution in [2.75, 3.05) is 24.5 Å². The van der Waals surface area contributed by atoms with Crippen LogP contribution in [-0.2, 0) is 32.3 Å². The van der Waals surface area contributed by atoms with Crippen LogP contribution < -0.4 is 14.4 Å². The van der Waals surface area contributed by atoms with Crippen molar-refractivity contribution in [2.45, 2.75) is 37.5 Å². The Hall–Kier alpha value is -4.06. The van der Waals surface area contributed by atoms with Crippen LogP contribution in [0.15, 0.2) is 83.8 Å². The summed E-state index contributed by atoms with van der Waals surface area (Å²) < 4.78 is 73.6. The summed E-state index contributed by atoms with van der Waals surface area (Å²) in [6.45, 7) is 2.59. The van der Waals surface area contributed by atoms with Gasteiger partial charge in [0.2, 0.25) is 11.8 Å². The average Bonchev–Trinajstić information content (AvgIpc) is 2.94. The Morgan fingerprint density at radius 2 is 1.62 bits per heavy atom. The molecule has 8 nitrogen and oxygen atoms in total. The normalized spacial score (nSPS) is 12.3. The number of sulfonamides is 1. The zero-order valence-electron chi connectivity index (χ0n) is 22.2. The van der Waals surface area contributed by atoms with E-state index in [2.05, 4.69) is 5.32 Å². The predicted molar refractivity (Wildman–Crippen MR) is 144 cm³/mol. The zero-order chi connectivity index (χ0) is 29.5. The highest BCUT2D eigenvalue weighted by atomic mass is 32.2. The number of alkyl halides is 3. The van der Waals surface area contributed by atoms with E-state index in [1.165, 1.54) is 49.3 Å². The van der Waals surface area contributed by atoms with Crippen LogP contribution in [0.5, 0.6) is 5.75 Å². The molecule has 40 heavy (non-hydrogen) atoms. The molecule has 0 aliphatic heterocycles. The van der Waals surface area contributed by atoms with Gasteiger partial charge in [-0.2, -0.15) is 13.2 Å². The molecule has 1 N–H and O–H groups in total. The summed E-state index contributed by atoms with van der Waals surface area (Å²) in [5.41, 5.74) is -0.791. The van der Waals surface area contributed by atoms with Gasteiger partial charge in [0.1, 0.15) is 18.3 Å². The first kappa shape index (κ1) is 30.5. The lowest BCUT2D eigenvalue weighted by atomic mass is 10.1. The molecule has 214 valence electrons. The highest BCUT2D eigenvalue weighted by molar-refractivity contribution is 7.92. The molecule has 0 spiro atoms. The van der Waals surface area contributed by atoms with E-state index in [9.17, 15) is 31.2 Å². The number of hydrogen-bond donors (Lipinski definition) is 1. The molecule has 1 atom stereocenters. The minimum Gasteiger partial charge on any atom is -0.497 e. The Bertz CT molecular complexity index is 1420. The molecule has 0 unspecified atom stereocenters. The number of carbonyl (C=O) groups excluding carboxylic acids is 2. The standard InChI is InChI=1S/C28H30F3N3O5S/c1-4-32-27(36)20(2)33(18-21-13-15-24(39-3)16-14-21)26(35)19-34(40(37,38)25-11-6-5-7-12-25)23-10-8-9-22(17-23)28(29,30)31/h5-17,20H,4,18-19H2,1-3H3,(H,32,36)/t20-/m0/s1. The summed E-state index contributed by atoms with van der Waals surface area (Å²) in [6.07, 6.45) is -4.74. The van der Waals surface area contributed by atoms with E-state index < -0.39 is 46.2 Å². The van der Waals surface area contributed by atoms with Crippen molar-refractivity contribution >= 4 is 27.5 Å². The third kappa shape index (κ3) is 7.32. The Kier molecular flexibility index (Phi) is 9.80. The number of halogens is 3. The Labute approximate surface area is 231 Å². The van der Waals surface area contributed by atoms with Crippen LogP contribution in [0.25, 0.3) is 0 Å². The fourth-order valence-electron chi connectivity index (χ4n) is 3.92. The second-order valence-corrected chi connectivity index (χ2v) is 10.7. The van der Waals surface area contributed by atoms with Gasteiger partial charge in [-0.05, 0) is 61.9 Å². The molecule has 12 heteroatoms.